The van der Waals surface area contributed by atoms with E-state index in [1.165, 1.54) is 6.20 Å². The number of aromatic nitrogens is 2. The molecule has 0 radical (unpaired) electrons. The van der Waals surface area contributed by atoms with Gasteiger partial charge in [0.15, 0.2) is 6.23 Å². The lowest BCUT2D eigenvalue weighted by Crippen LogP contribution is -2.36. The third-order valence-corrected chi connectivity index (χ3v) is 3.06. The van der Waals surface area contributed by atoms with E-state index < -0.39 is 36.8 Å². The number of aliphatic hydroxyl groups is 3. The van der Waals surface area contributed by atoms with Gasteiger partial charge < -0.3 is 25.4 Å². The van der Waals surface area contributed by atoms with Gasteiger partial charge >= 0.3 is 5.69 Å². The Balaban J connectivity index is 2.24. The molecule has 0 amide bonds. The minimum absolute atomic E-state index is 0.131. The highest BCUT2D eigenvalue weighted by atomic mass is 16.6. The topological polar surface area (TPSA) is 117 Å². The number of rotatable bonds is 4. The van der Waals surface area contributed by atoms with Crippen LogP contribution in [0.3, 0.4) is 0 Å². The Morgan fingerprint density at radius 2 is 2.15 bits per heavy atom. The summed E-state index contributed by atoms with van der Waals surface area (Å²) >= 11 is 0. The molecule has 8 nitrogen and oxygen atoms in total. The highest BCUT2D eigenvalue weighted by Gasteiger charge is 2.43. The van der Waals surface area contributed by atoms with Crippen molar-refractivity contribution in [3.63, 3.8) is 0 Å². The molecule has 112 valence electrons. The highest BCUT2D eigenvalue weighted by molar-refractivity contribution is 5.32. The Morgan fingerprint density at radius 1 is 1.45 bits per heavy atom. The number of hydrogen-bond acceptors (Lipinski definition) is 7. The summed E-state index contributed by atoms with van der Waals surface area (Å²) in [5.41, 5.74) is -0.606. The van der Waals surface area contributed by atoms with Gasteiger partial charge in [0.1, 0.15) is 24.1 Å². The minimum atomic E-state index is -1.30. The molecule has 2 rings (SSSR count). The van der Waals surface area contributed by atoms with E-state index in [2.05, 4.69) is 10.3 Å². The summed E-state index contributed by atoms with van der Waals surface area (Å²) in [7, 11) is 0. The van der Waals surface area contributed by atoms with Crippen molar-refractivity contribution in [1.29, 1.82) is 0 Å². The molecule has 0 aliphatic carbocycles. The molecule has 1 fully saturated rings. The lowest BCUT2D eigenvalue weighted by molar-refractivity contribution is -0.0549. The predicted octanol–water partition coefficient (Wildman–Crippen LogP) is -1.32. The van der Waals surface area contributed by atoms with Gasteiger partial charge in [0.05, 0.1) is 6.61 Å². The summed E-state index contributed by atoms with van der Waals surface area (Å²) in [6.45, 7) is 3.39. The van der Waals surface area contributed by atoms with Crippen molar-refractivity contribution in [1.82, 2.24) is 9.55 Å². The van der Waals surface area contributed by atoms with Gasteiger partial charge in [0, 0.05) is 12.2 Å². The maximum Gasteiger partial charge on any atom is 0.351 e. The zero-order valence-corrected chi connectivity index (χ0v) is 11.3. The average molecular weight is 285 g/mol. The van der Waals surface area contributed by atoms with Crippen molar-refractivity contribution < 1.29 is 20.1 Å². The van der Waals surface area contributed by atoms with Crippen molar-refractivity contribution in [2.75, 3.05) is 11.9 Å². The molecular formula is C12H19N3O5. The number of aliphatic hydroxyl groups excluding tert-OH is 3. The fourth-order valence-electron chi connectivity index (χ4n) is 2.09. The Bertz CT molecular complexity index is 518. The molecule has 0 bridgehead atoms. The first kappa shape index (κ1) is 14.9. The van der Waals surface area contributed by atoms with Crippen LogP contribution in [0.5, 0.6) is 0 Å². The number of ether oxygens (including phenoxy) is 1. The molecule has 1 aromatic heterocycles. The third kappa shape index (κ3) is 2.83. The number of anilines is 1. The van der Waals surface area contributed by atoms with Crippen LogP contribution in [0, 0.1) is 0 Å². The lowest BCUT2D eigenvalue weighted by atomic mass is 10.1. The van der Waals surface area contributed by atoms with E-state index in [1.807, 2.05) is 13.8 Å². The molecule has 0 aromatic carbocycles. The summed E-state index contributed by atoms with van der Waals surface area (Å²) in [5.74, 6) is 0.424. The number of nitrogens with one attached hydrogen (secondary N) is 1. The molecule has 20 heavy (non-hydrogen) atoms. The van der Waals surface area contributed by atoms with Gasteiger partial charge in [0.25, 0.3) is 0 Å². The van der Waals surface area contributed by atoms with Crippen LogP contribution in [0.15, 0.2) is 17.1 Å². The van der Waals surface area contributed by atoms with Gasteiger partial charge in [-0.1, -0.05) is 0 Å². The largest absolute Gasteiger partial charge is 0.394 e. The fourth-order valence-corrected chi connectivity index (χ4v) is 2.09. The van der Waals surface area contributed by atoms with Crippen LogP contribution in [-0.4, -0.2) is 55.8 Å². The molecule has 4 atom stereocenters. The van der Waals surface area contributed by atoms with Gasteiger partial charge in [-0.2, -0.15) is 4.98 Å². The van der Waals surface area contributed by atoms with Gasteiger partial charge in [-0.05, 0) is 19.9 Å². The van der Waals surface area contributed by atoms with Crippen molar-refractivity contribution in [2.24, 2.45) is 0 Å². The molecule has 1 saturated heterocycles. The van der Waals surface area contributed by atoms with E-state index in [4.69, 9.17) is 9.84 Å². The van der Waals surface area contributed by atoms with E-state index in [-0.39, 0.29) is 6.04 Å². The van der Waals surface area contributed by atoms with Crippen molar-refractivity contribution in [3.8, 4) is 0 Å². The maximum atomic E-state index is 11.9. The van der Waals surface area contributed by atoms with E-state index in [1.54, 1.807) is 6.07 Å². The molecule has 1 aromatic rings. The summed E-state index contributed by atoms with van der Waals surface area (Å²) in [5, 5.41) is 31.5. The molecule has 2 heterocycles. The zero-order valence-electron chi connectivity index (χ0n) is 11.3. The van der Waals surface area contributed by atoms with Crippen molar-refractivity contribution in [2.45, 2.75) is 44.4 Å². The second-order valence-electron chi connectivity index (χ2n) is 5.03. The molecule has 4 N–H and O–H groups in total. The van der Waals surface area contributed by atoms with Gasteiger partial charge in [0.2, 0.25) is 0 Å². The Morgan fingerprint density at radius 3 is 2.65 bits per heavy atom. The first-order valence-electron chi connectivity index (χ1n) is 6.42. The van der Waals surface area contributed by atoms with E-state index in [0.717, 1.165) is 4.57 Å². The van der Waals surface area contributed by atoms with Gasteiger partial charge in [-0.25, -0.2) is 4.79 Å². The summed E-state index contributed by atoms with van der Waals surface area (Å²) in [4.78, 5) is 15.8. The van der Waals surface area contributed by atoms with E-state index in [0.29, 0.717) is 5.82 Å². The summed E-state index contributed by atoms with van der Waals surface area (Å²) in [6.07, 6.45) is -3.09. The second-order valence-corrected chi connectivity index (χ2v) is 5.03. The van der Waals surface area contributed by atoms with Crippen LogP contribution in [0.4, 0.5) is 5.82 Å². The highest BCUT2D eigenvalue weighted by Crippen LogP contribution is 2.28. The zero-order chi connectivity index (χ0) is 14.9. The fraction of sp³-hybridized carbons (Fsp3) is 0.667. The van der Waals surface area contributed by atoms with Gasteiger partial charge in [-0.3, -0.25) is 4.57 Å². The quantitative estimate of drug-likeness (QED) is 0.542. The Kier molecular flexibility index (Phi) is 4.39. The number of hydrogen-bond donors (Lipinski definition) is 4. The molecular weight excluding hydrogens is 266 g/mol. The summed E-state index contributed by atoms with van der Waals surface area (Å²) in [6, 6.07) is 1.71. The molecule has 2 unspecified atom stereocenters. The smallest absolute Gasteiger partial charge is 0.351 e. The molecule has 0 saturated carbocycles. The van der Waals surface area contributed by atoms with Crippen molar-refractivity contribution >= 4 is 5.82 Å². The third-order valence-electron chi connectivity index (χ3n) is 3.06. The van der Waals surface area contributed by atoms with Crippen LogP contribution in [0.1, 0.15) is 20.1 Å². The lowest BCUT2D eigenvalue weighted by Gasteiger charge is -2.17. The second kappa shape index (κ2) is 5.88. The van der Waals surface area contributed by atoms with Crippen LogP contribution in [0.25, 0.3) is 0 Å². The number of nitrogens with zero attached hydrogens (tertiary/aromatic N) is 2. The Labute approximate surface area is 115 Å². The van der Waals surface area contributed by atoms with E-state index in [9.17, 15) is 15.0 Å². The monoisotopic (exact) mass is 285 g/mol. The minimum Gasteiger partial charge on any atom is -0.394 e. The van der Waals surface area contributed by atoms with Gasteiger partial charge in [-0.15, -0.1) is 0 Å². The average Bonchev–Trinajstić information content (AvgIpc) is 2.66. The molecule has 8 heteroatoms. The first-order valence-corrected chi connectivity index (χ1v) is 6.42. The normalized spacial score (nSPS) is 29.9. The van der Waals surface area contributed by atoms with Crippen LogP contribution >= 0.6 is 0 Å². The van der Waals surface area contributed by atoms with Crippen LogP contribution in [-0.2, 0) is 4.74 Å². The van der Waals surface area contributed by atoms with Crippen LogP contribution < -0.4 is 11.0 Å². The molecule has 1 aliphatic heterocycles. The Hall–Kier alpha value is -1.48. The van der Waals surface area contributed by atoms with Crippen molar-refractivity contribution in [3.05, 3.63) is 22.7 Å². The predicted molar refractivity (Wildman–Crippen MR) is 70.3 cm³/mol. The van der Waals surface area contributed by atoms with E-state index >= 15 is 0 Å². The first-order chi connectivity index (χ1) is 9.43. The summed E-state index contributed by atoms with van der Waals surface area (Å²) < 4.78 is 6.37. The molecule has 1 aliphatic rings. The molecule has 0 spiro atoms. The van der Waals surface area contributed by atoms with Crippen LogP contribution in [0.2, 0.25) is 0 Å². The SMILES string of the molecule is CC(C)Nc1ccn([C@@H]2O[C@H](CO)C(O)C2O)c(=O)n1. The standard InChI is InChI=1S/C12H19N3O5/c1-6(2)13-8-3-4-15(12(19)14-8)11-10(18)9(17)7(5-16)20-11/h3-4,6-7,9-11,16-18H,5H2,1-2H3,(H,13,14,19)/t7-,9?,10?,11-/m1/s1. The maximum absolute atomic E-state index is 11.9.